The van der Waals surface area contributed by atoms with Crippen molar-refractivity contribution in [1.82, 2.24) is 29.5 Å². The summed E-state index contributed by atoms with van der Waals surface area (Å²) in [6, 6.07) is 4.41. The minimum Gasteiger partial charge on any atom is -0.375 e. The largest absolute Gasteiger partial charge is 0.375 e. The number of ether oxygens (including phenoxy) is 1. The van der Waals surface area contributed by atoms with Crippen molar-refractivity contribution < 1.29 is 4.74 Å². The van der Waals surface area contributed by atoms with E-state index >= 15 is 0 Å². The van der Waals surface area contributed by atoms with Gasteiger partial charge >= 0.3 is 0 Å². The minimum absolute atomic E-state index is 0.183. The first-order valence-corrected chi connectivity index (χ1v) is 9.82. The van der Waals surface area contributed by atoms with Crippen LogP contribution in [-0.4, -0.2) is 47.8 Å². The topological polar surface area (TPSA) is 93.0 Å². The molecule has 0 amide bonds. The Morgan fingerprint density at radius 2 is 2.07 bits per heavy atom. The van der Waals surface area contributed by atoms with Crippen molar-refractivity contribution in [3.63, 3.8) is 0 Å². The maximum absolute atomic E-state index is 5.81. The summed E-state index contributed by atoms with van der Waals surface area (Å²) in [4.78, 5) is 16.7. The van der Waals surface area contributed by atoms with Crippen LogP contribution in [0.15, 0.2) is 37.1 Å². The lowest BCUT2D eigenvalue weighted by Gasteiger charge is -2.46. The third-order valence-electron chi connectivity index (χ3n) is 6.21. The highest BCUT2D eigenvalue weighted by atomic mass is 16.5. The zero-order chi connectivity index (χ0) is 18.6. The molecule has 8 nitrogen and oxygen atoms in total. The van der Waals surface area contributed by atoms with E-state index in [-0.39, 0.29) is 5.60 Å². The quantitative estimate of drug-likeness (QED) is 0.571. The SMILES string of the molecule is c1nc2ccc(-c3c[nH]c4nc(NC5CCC6(CCO6)CC5)ncc34)cn2n1. The summed E-state index contributed by atoms with van der Waals surface area (Å²) in [5.74, 6) is 0.683. The zero-order valence-corrected chi connectivity index (χ0v) is 15.4. The highest BCUT2D eigenvalue weighted by Crippen LogP contribution is 2.41. The first-order chi connectivity index (χ1) is 13.8. The standard InChI is InChI=1S/C20H21N7O/c1-2-17-23-12-24-27(17)11-13(1)15-9-21-18-16(15)10-22-19(26-18)25-14-3-5-20(6-4-14)7-8-28-20/h1-2,9-12,14H,3-8H2,(H2,21,22,25,26). The van der Waals surface area contributed by atoms with Gasteiger partial charge in [-0.3, -0.25) is 0 Å². The third-order valence-corrected chi connectivity index (χ3v) is 6.21. The van der Waals surface area contributed by atoms with E-state index in [1.807, 2.05) is 30.7 Å². The summed E-state index contributed by atoms with van der Waals surface area (Å²) in [6.45, 7) is 0.927. The molecule has 0 bridgehead atoms. The fourth-order valence-corrected chi connectivity index (χ4v) is 4.45. The molecule has 0 aromatic carbocycles. The van der Waals surface area contributed by atoms with Crippen LogP contribution in [0.2, 0.25) is 0 Å². The van der Waals surface area contributed by atoms with Crippen molar-refractivity contribution >= 4 is 22.6 Å². The second kappa shape index (κ2) is 6.00. The Kier molecular flexibility index (Phi) is 3.43. The molecular formula is C20H21N7O. The number of rotatable bonds is 3. The van der Waals surface area contributed by atoms with Crippen LogP contribution in [0, 0.1) is 0 Å². The highest BCUT2D eigenvalue weighted by Gasteiger charge is 2.41. The van der Waals surface area contributed by atoms with Gasteiger partial charge in [0.05, 0.1) is 12.2 Å². The van der Waals surface area contributed by atoms with Crippen molar-refractivity contribution in [3.8, 4) is 11.1 Å². The smallest absolute Gasteiger partial charge is 0.224 e. The first kappa shape index (κ1) is 16.0. The van der Waals surface area contributed by atoms with Gasteiger partial charge in [0, 0.05) is 41.1 Å². The Hall–Kier alpha value is -3.00. The van der Waals surface area contributed by atoms with Gasteiger partial charge in [0.15, 0.2) is 5.65 Å². The van der Waals surface area contributed by atoms with E-state index in [0.717, 1.165) is 60.1 Å². The van der Waals surface area contributed by atoms with Crippen LogP contribution in [0.25, 0.3) is 27.8 Å². The van der Waals surface area contributed by atoms with Gasteiger partial charge in [0.2, 0.25) is 5.95 Å². The zero-order valence-electron chi connectivity index (χ0n) is 15.4. The molecule has 1 aliphatic carbocycles. The molecule has 0 unspecified atom stereocenters. The van der Waals surface area contributed by atoms with Crippen molar-refractivity contribution in [3.05, 3.63) is 37.1 Å². The Balaban J connectivity index is 1.24. The lowest BCUT2D eigenvalue weighted by molar-refractivity contribution is -0.165. The van der Waals surface area contributed by atoms with E-state index in [2.05, 4.69) is 25.4 Å². The Morgan fingerprint density at radius 1 is 1.18 bits per heavy atom. The number of fused-ring (bicyclic) bond motifs is 2. The average Bonchev–Trinajstić information content (AvgIpc) is 3.33. The molecule has 1 saturated heterocycles. The predicted molar refractivity (Wildman–Crippen MR) is 105 cm³/mol. The molecule has 142 valence electrons. The van der Waals surface area contributed by atoms with Gasteiger partial charge in [-0.1, -0.05) is 0 Å². The van der Waals surface area contributed by atoms with Gasteiger partial charge in [-0.15, -0.1) is 0 Å². The lowest BCUT2D eigenvalue weighted by atomic mass is 9.77. The van der Waals surface area contributed by atoms with Crippen LogP contribution in [0.4, 0.5) is 5.95 Å². The first-order valence-electron chi connectivity index (χ1n) is 9.82. The monoisotopic (exact) mass is 375 g/mol. The van der Waals surface area contributed by atoms with Crippen LogP contribution in [0.3, 0.4) is 0 Å². The second-order valence-corrected chi connectivity index (χ2v) is 7.84. The van der Waals surface area contributed by atoms with Gasteiger partial charge in [-0.25, -0.2) is 14.5 Å². The maximum Gasteiger partial charge on any atom is 0.224 e. The molecule has 2 fully saturated rings. The van der Waals surface area contributed by atoms with Crippen molar-refractivity contribution in [2.45, 2.75) is 43.7 Å². The Morgan fingerprint density at radius 3 is 2.89 bits per heavy atom. The molecule has 2 N–H and O–H groups in total. The molecule has 1 spiro atoms. The number of nitrogens with one attached hydrogen (secondary N) is 2. The second-order valence-electron chi connectivity index (χ2n) is 7.84. The number of aromatic nitrogens is 6. The molecular weight excluding hydrogens is 354 g/mol. The van der Waals surface area contributed by atoms with Gasteiger partial charge in [0.1, 0.15) is 12.0 Å². The number of H-pyrrole nitrogens is 1. The molecule has 0 radical (unpaired) electrons. The molecule has 8 heteroatoms. The molecule has 28 heavy (non-hydrogen) atoms. The van der Waals surface area contributed by atoms with E-state index in [0.29, 0.717) is 12.0 Å². The number of hydrogen-bond acceptors (Lipinski definition) is 6. The summed E-state index contributed by atoms with van der Waals surface area (Å²) < 4.78 is 7.58. The van der Waals surface area contributed by atoms with Crippen LogP contribution in [0.5, 0.6) is 0 Å². The summed E-state index contributed by atoms with van der Waals surface area (Å²) in [5, 5.41) is 8.72. The van der Waals surface area contributed by atoms with Crippen molar-refractivity contribution in [1.29, 1.82) is 0 Å². The van der Waals surface area contributed by atoms with Gasteiger partial charge < -0.3 is 15.0 Å². The number of aromatic amines is 1. The van der Waals surface area contributed by atoms with Gasteiger partial charge in [-0.2, -0.15) is 10.1 Å². The third kappa shape index (κ3) is 2.56. The molecule has 1 saturated carbocycles. The van der Waals surface area contributed by atoms with E-state index in [1.165, 1.54) is 6.42 Å². The summed E-state index contributed by atoms with van der Waals surface area (Å²) >= 11 is 0. The van der Waals surface area contributed by atoms with E-state index in [1.54, 1.807) is 10.8 Å². The number of pyridine rings is 1. The molecule has 5 heterocycles. The normalized spacial score (nSPS) is 24.6. The van der Waals surface area contributed by atoms with Gasteiger partial charge in [0.25, 0.3) is 0 Å². The molecule has 4 aromatic rings. The Labute approximate surface area is 161 Å². The van der Waals surface area contributed by atoms with Gasteiger partial charge in [-0.05, 0) is 44.2 Å². The van der Waals surface area contributed by atoms with Crippen LogP contribution in [-0.2, 0) is 4.74 Å². The molecule has 6 rings (SSSR count). The fourth-order valence-electron chi connectivity index (χ4n) is 4.45. The van der Waals surface area contributed by atoms with E-state index in [9.17, 15) is 0 Å². The van der Waals surface area contributed by atoms with Crippen molar-refractivity contribution in [2.24, 2.45) is 0 Å². The van der Waals surface area contributed by atoms with Crippen LogP contribution < -0.4 is 5.32 Å². The molecule has 4 aromatic heterocycles. The molecule has 0 atom stereocenters. The number of nitrogens with zero attached hydrogens (tertiary/aromatic N) is 5. The maximum atomic E-state index is 5.81. The van der Waals surface area contributed by atoms with E-state index < -0.39 is 0 Å². The number of hydrogen-bond donors (Lipinski definition) is 2. The summed E-state index contributed by atoms with van der Waals surface area (Å²) in [5.41, 5.74) is 3.95. The average molecular weight is 375 g/mol. The highest BCUT2D eigenvalue weighted by molar-refractivity contribution is 5.93. The van der Waals surface area contributed by atoms with Crippen molar-refractivity contribution in [2.75, 3.05) is 11.9 Å². The minimum atomic E-state index is 0.183. The van der Waals surface area contributed by atoms with E-state index in [4.69, 9.17) is 9.72 Å². The number of anilines is 1. The Bertz CT molecular complexity index is 1150. The lowest BCUT2D eigenvalue weighted by Crippen LogP contribution is -2.48. The fraction of sp³-hybridized carbons (Fsp3) is 0.400. The van der Waals surface area contributed by atoms with Crippen LogP contribution in [0.1, 0.15) is 32.1 Å². The summed E-state index contributed by atoms with van der Waals surface area (Å²) in [7, 11) is 0. The molecule has 1 aliphatic heterocycles. The molecule has 2 aliphatic rings. The summed E-state index contributed by atoms with van der Waals surface area (Å²) in [6.07, 6.45) is 13.1. The predicted octanol–water partition coefficient (Wildman–Crippen LogP) is 3.18. The van der Waals surface area contributed by atoms with Crippen LogP contribution >= 0.6 is 0 Å².